The molecule has 24 heavy (non-hydrogen) atoms. The van der Waals surface area contributed by atoms with Crippen molar-refractivity contribution in [3.05, 3.63) is 71.8 Å². The number of carbonyl (C=O) groups excluding carboxylic acids is 1. The molecule has 0 fully saturated rings. The van der Waals surface area contributed by atoms with E-state index in [1.165, 1.54) is 37.4 Å². The van der Waals surface area contributed by atoms with Gasteiger partial charge in [0.25, 0.3) is 0 Å². The van der Waals surface area contributed by atoms with E-state index in [1.807, 2.05) is 0 Å². The summed E-state index contributed by atoms with van der Waals surface area (Å²) < 4.78 is 37.5. The summed E-state index contributed by atoms with van der Waals surface area (Å²) >= 11 is 0. The molecule has 0 N–H and O–H groups in total. The van der Waals surface area contributed by atoms with Crippen LogP contribution in [0.1, 0.15) is 23.2 Å². The lowest BCUT2D eigenvalue weighted by molar-refractivity contribution is 0.101. The van der Waals surface area contributed by atoms with E-state index in [4.69, 9.17) is 9.15 Å². The van der Waals surface area contributed by atoms with Gasteiger partial charge in [-0.3, -0.25) is 4.79 Å². The zero-order chi connectivity index (χ0) is 17.1. The zero-order valence-electron chi connectivity index (χ0n) is 12.8. The quantitative estimate of drug-likeness (QED) is 0.651. The Labute approximate surface area is 136 Å². The van der Waals surface area contributed by atoms with Crippen LogP contribution in [0.3, 0.4) is 0 Å². The highest BCUT2D eigenvalue weighted by molar-refractivity contribution is 5.94. The first-order valence-electron chi connectivity index (χ1n) is 7.17. The third kappa shape index (κ3) is 3.48. The van der Waals surface area contributed by atoms with Crippen LogP contribution in [0.25, 0.3) is 11.3 Å². The summed E-state index contributed by atoms with van der Waals surface area (Å²) in [5.74, 6) is -0.288. The summed E-state index contributed by atoms with van der Waals surface area (Å²) in [5.41, 5.74) is 0.698. The Balaban J connectivity index is 1.68. The number of hydrogen-bond donors (Lipinski definition) is 0. The first-order chi connectivity index (χ1) is 11.5. The number of aromatic nitrogens is 1. The molecule has 1 heterocycles. The van der Waals surface area contributed by atoms with E-state index >= 15 is 0 Å². The van der Waals surface area contributed by atoms with E-state index in [0.717, 1.165) is 6.07 Å². The van der Waals surface area contributed by atoms with Crippen LogP contribution in [-0.2, 0) is 6.61 Å². The Bertz CT molecular complexity index is 872. The van der Waals surface area contributed by atoms with E-state index < -0.39 is 5.82 Å². The number of ether oxygens (including phenoxy) is 1. The maximum atomic E-state index is 13.7. The summed E-state index contributed by atoms with van der Waals surface area (Å²) in [7, 11) is 0. The predicted octanol–water partition coefficient (Wildman–Crippen LogP) is 4.40. The molecule has 0 atom stereocenters. The van der Waals surface area contributed by atoms with Crippen LogP contribution < -0.4 is 4.74 Å². The van der Waals surface area contributed by atoms with E-state index in [2.05, 4.69) is 4.98 Å². The van der Waals surface area contributed by atoms with Crippen molar-refractivity contribution in [3.63, 3.8) is 0 Å². The number of rotatable bonds is 5. The maximum absolute atomic E-state index is 13.7. The fourth-order valence-corrected chi connectivity index (χ4v) is 2.14. The summed E-state index contributed by atoms with van der Waals surface area (Å²) in [6.45, 7) is 1.29. The van der Waals surface area contributed by atoms with Crippen molar-refractivity contribution in [3.8, 4) is 17.1 Å². The minimum atomic E-state index is -0.639. The van der Waals surface area contributed by atoms with Gasteiger partial charge in [-0.2, -0.15) is 0 Å². The second-order valence-electron chi connectivity index (χ2n) is 5.11. The van der Waals surface area contributed by atoms with Gasteiger partial charge in [0.1, 0.15) is 17.4 Å². The van der Waals surface area contributed by atoms with Crippen LogP contribution in [0.15, 0.2) is 53.1 Å². The molecular formula is C18H13F2NO3. The second-order valence-corrected chi connectivity index (χ2v) is 5.11. The smallest absolute Gasteiger partial charge is 0.232 e. The number of benzene rings is 2. The van der Waals surface area contributed by atoms with Crippen molar-refractivity contribution in [1.29, 1.82) is 0 Å². The molecule has 3 aromatic rings. The molecule has 2 aromatic carbocycles. The third-order valence-corrected chi connectivity index (χ3v) is 3.36. The molecule has 6 heteroatoms. The lowest BCUT2D eigenvalue weighted by Gasteiger charge is -2.05. The number of Topliss-reactive ketones (excluding diaryl/α,β-unsaturated/α-hetero) is 1. The topological polar surface area (TPSA) is 52.3 Å². The van der Waals surface area contributed by atoms with E-state index in [-0.39, 0.29) is 29.5 Å². The molecule has 4 nitrogen and oxygen atoms in total. The largest absolute Gasteiger partial charge is 0.484 e. The van der Waals surface area contributed by atoms with Crippen molar-refractivity contribution < 1.29 is 22.7 Å². The van der Waals surface area contributed by atoms with Gasteiger partial charge < -0.3 is 9.15 Å². The van der Waals surface area contributed by atoms with Crippen LogP contribution in [0.4, 0.5) is 8.78 Å². The molecule has 0 saturated carbocycles. The molecule has 0 unspecified atom stereocenters. The Kier molecular flexibility index (Phi) is 4.37. The van der Waals surface area contributed by atoms with Crippen molar-refractivity contribution in [2.45, 2.75) is 13.5 Å². The molecule has 0 aliphatic carbocycles. The van der Waals surface area contributed by atoms with E-state index in [1.54, 1.807) is 12.1 Å². The monoisotopic (exact) mass is 329 g/mol. The molecule has 3 rings (SSSR count). The van der Waals surface area contributed by atoms with Crippen LogP contribution >= 0.6 is 0 Å². The molecule has 0 bridgehead atoms. The van der Waals surface area contributed by atoms with Gasteiger partial charge in [-0.15, -0.1) is 0 Å². The highest BCUT2D eigenvalue weighted by Gasteiger charge is 2.10. The fourth-order valence-electron chi connectivity index (χ4n) is 2.14. The Morgan fingerprint density at radius 3 is 2.58 bits per heavy atom. The molecular weight excluding hydrogens is 316 g/mol. The van der Waals surface area contributed by atoms with Gasteiger partial charge in [-0.1, -0.05) is 0 Å². The van der Waals surface area contributed by atoms with Crippen LogP contribution in [0, 0.1) is 11.6 Å². The maximum Gasteiger partial charge on any atom is 0.232 e. The Morgan fingerprint density at radius 1 is 1.17 bits per heavy atom. The SMILES string of the molecule is CC(=O)c1ccc(OCc2ncc(-c3ccc(F)cc3)o2)cc1F. The highest BCUT2D eigenvalue weighted by Crippen LogP contribution is 2.22. The van der Waals surface area contributed by atoms with Gasteiger partial charge in [0.05, 0.1) is 11.8 Å². The summed E-state index contributed by atoms with van der Waals surface area (Å²) in [6.07, 6.45) is 1.51. The number of hydrogen-bond acceptors (Lipinski definition) is 4. The van der Waals surface area contributed by atoms with Gasteiger partial charge in [0, 0.05) is 11.6 Å². The number of ketones is 1. The second kappa shape index (κ2) is 6.62. The van der Waals surface area contributed by atoms with Crippen molar-refractivity contribution >= 4 is 5.78 Å². The van der Waals surface area contributed by atoms with Gasteiger partial charge in [0.2, 0.25) is 5.89 Å². The molecule has 0 aliphatic heterocycles. The van der Waals surface area contributed by atoms with Crippen molar-refractivity contribution in [2.24, 2.45) is 0 Å². The normalized spacial score (nSPS) is 10.6. The molecule has 0 saturated heterocycles. The Morgan fingerprint density at radius 2 is 1.92 bits per heavy atom. The van der Waals surface area contributed by atoms with Crippen LogP contribution in [-0.4, -0.2) is 10.8 Å². The summed E-state index contributed by atoms with van der Waals surface area (Å²) in [6, 6.07) is 9.82. The van der Waals surface area contributed by atoms with Gasteiger partial charge in [-0.05, 0) is 43.3 Å². The van der Waals surface area contributed by atoms with Gasteiger partial charge in [0.15, 0.2) is 18.2 Å². The average molecular weight is 329 g/mol. The first kappa shape index (κ1) is 15.9. The van der Waals surface area contributed by atoms with Gasteiger partial charge >= 0.3 is 0 Å². The molecule has 1 aromatic heterocycles. The minimum absolute atomic E-state index is 0.0000524. The summed E-state index contributed by atoms with van der Waals surface area (Å²) in [5, 5.41) is 0. The van der Waals surface area contributed by atoms with Crippen molar-refractivity contribution in [2.75, 3.05) is 0 Å². The predicted molar refractivity (Wildman–Crippen MR) is 82.6 cm³/mol. The molecule has 0 spiro atoms. The molecule has 0 radical (unpaired) electrons. The van der Waals surface area contributed by atoms with E-state index in [9.17, 15) is 13.6 Å². The van der Waals surface area contributed by atoms with Crippen LogP contribution in [0.5, 0.6) is 5.75 Å². The lowest BCUT2D eigenvalue weighted by Crippen LogP contribution is -2.00. The number of nitrogens with zero attached hydrogens (tertiary/aromatic N) is 1. The number of oxazole rings is 1. The van der Waals surface area contributed by atoms with Gasteiger partial charge in [-0.25, -0.2) is 13.8 Å². The number of carbonyl (C=O) groups is 1. The van der Waals surface area contributed by atoms with E-state index in [0.29, 0.717) is 17.2 Å². The fraction of sp³-hybridized carbons (Fsp3) is 0.111. The zero-order valence-corrected chi connectivity index (χ0v) is 12.8. The van der Waals surface area contributed by atoms with Crippen LogP contribution in [0.2, 0.25) is 0 Å². The summed E-state index contributed by atoms with van der Waals surface area (Å²) in [4.78, 5) is 15.3. The molecule has 122 valence electrons. The highest BCUT2D eigenvalue weighted by atomic mass is 19.1. The molecule has 0 aliphatic rings. The Hall–Kier alpha value is -3.02. The number of halogens is 2. The third-order valence-electron chi connectivity index (χ3n) is 3.36. The van der Waals surface area contributed by atoms with Crippen molar-refractivity contribution in [1.82, 2.24) is 4.98 Å². The average Bonchev–Trinajstić information content (AvgIpc) is 3.02. The first-order valence-corrected chi connectivity index (χ1v) is 7.17. The molecule has 0 amide bonds. The minimum Gasteiger partial charge on any atom is -0.484 e. The lowest BCUT2D eigenvalue weighted by atomic mass is 10.1. The standard InChI is InChI=1S/C18H13F2NO3/c1-11(22)15-7-6-14(8-16(15)20)23-10-18-21-9-17(24-18)12-2-4-13(19)5-3-12/h2-9H,10H2,1H3.